The van der Waals surface area contributed by atoms with E-state index in [4.69, 9.17) is 9.47 Å². The molecule has 23 heavy (non-hydrogen) atoms. The molecule has 1 amide bonds. The van der Waals surface area contributed by atoms with Crippen LogP contribution in [0.2, 0.25) is 0 Å². The molecule has 0 aromatic carbocycles. The normalized spacial score (nSPS) is 41.6. The molecule has 5 aliphatic rings. The summed E-state index contributed by atoms with van der Waals surface area (Å²) < 4.78 is 49.7. The van der Waals surface area contributed by atoms with Crippen molar-refractivity contribution in [3.05, 3.63) is 0 Å². The lowest BCUT2D eigenvalue weighted by atomic mass is 9.69. The van der Waals surface area contributed by atoms with Gasteiger partial charge in [-0.05, 0) is 32.1 Å². The molecule has 3 heterocycles. The highest BCUT2D eigenvalue weighted by Gasteiger charge is 2.70. The molecule has 2 atom stereocenters. The minimum absolute atomic E-state index is 0.146. The van der Waals surface area contributed by atoms with E-state index in [1.807, 2.05) is 0 Å². The second kappa shape index (κ2) is 4.83. The van der Waals surface area contributed by atoms with Gasteiger partial charge in [-0.15, -0.1) is 0 Å². The van der Waals surface area contributed by atoms with Crippen LogP contribution < -0.4 is 0 Å². The zero-order valence-electron chi connectivity index (χ0n) is 12.6. The number of hydrogen-bond donors (Lipinski definition) is 1. The quantitative estimate of drug-likeness (QED) is 0.825. The Morgan fingerprint density at radius 2 is 2.00 bits per heavy atom. The van der Waals surface area contributed by atoms with E-state index in [9.17, 15) is 23.1 Å². The van der Waals surface area contributed by atoms with Gasteiger partial charge in [0, 0.05) is 12.5 Å². The second-order valence-electron chi connectivity index (χ2n) is 7.35. The van der Waals surface area contributed by atoms with E-state index in [1.165, 1.54) is 0 Å². The summed E-state index contributed by atoms with van der Waals surface area (Å²) in [6.45, 7) is 0.357. The summed E-state index contributed by atoms with van der Waals surface area (Å²) in [6.07, 6.45) is -3.87. The lowest BCUT2D eigenvalue weighted by Crippen LogP contribution is -2.69. The van der Waals surface area contributed by atoms with Crippen molar-refractivity contribution in [2.45, 2.75) is 61.6 Å². The van der Waals surface area contributed by atoms with Crippen LogP contribution in [0.4, 0.5) is 13.2 Å². The number of nitrogens with zero attached hydrogens (tertiary/aromatic N) is 1. The first-order valence-electron chi connectivity index (χ1n) is 8.09. The fourth-order valence-corrected chi connectivity index (χ4v) is 4.45. The average molecular weight is 335 g/mol. The highest BCUT2D eigenvalue weighted by molar-refractivity contribution is 5.88. The van der Waals surface area contributed by atoms with Crippen LogP contribution in [0.15, 0.2) is 0 Å². The summed E-state index contributed by atoms with van der Waals surface area (Å²) in [5.41, 5.74) is -1.73. The predicted molar refractivity (Wildman–Crippen MR) is 71.5 cm³/mol. The van der Waals surface area contributed by atoms with Gasteiger partial charge in [-0.3, -0.25) is 4.79 Å². The van der Waals surface area contributed by atoms with Crippen LogP contribution in [0.1, 0.15) is 32.1 Å². The van der Waals surface area contributed by atoms with Crippen molar-refractivity contribution in [3.8, 4) is 0 Å². The van der Waals surface area contributed by atoms with Crippen LogP contribution in [0.25, 0.3) is 0 Å². The maximum Gasteiger partial charge on any atom is 0.414 e. The number of carbonyl (C=O) groups excluding carboxylic acids is 1. The van der Waals surface area contributed by atoms with E-state index in [2.05, 4.69) is 0 Å². The SMILES string of the molecule is O=C(N1CC(CO)OCC12CCC2)C12CC(C1)C(C(F)(F)F)O2. The zero-order chi connectivity index (χ0) is 16.5. The fourth-order valence-electron chi connectivity index (χ4n) is 4.45. The standard InChI is InChI=1S/C15H20F3NO4/c16-15(17,18)11-9-4-14(5-9,23-11)12(21)19-6-10(7-20)22-8-13(19)2-1-3-13/h9-11,20H,1-8H2. The third-order valence-electron chi connectivity index (χ3n) is 5.96. The van der Waals surface area contributed by atoms with Crippen LogP contribution in [-0.4, -0.2) is 65.2 Å². The third kappa shape index (κ3) is 2.14. The summed E-state index contributed by atoms with van der Waals surface area (Å²) in [5.74, 6) is -0.951. The first-order valence-corrected chi connectivity index (χ1v) is 8.09. The molecule has 0 radical (unpaired) electrons. The van der Waals surface area contributed by atoms with Crippen molar-refractivity contribution in [1.29, 1.82) is 0 Å². The molecule has 5 fully saturated rings. The molecule has 5 nitrogen and oxygen atoms in total. The van der Waals surface area contributed by atoms with Gasteiger partial charge in [-0.1, -0.05) is 0 Å². The van der Waals surface area contributed by atoms with Crippen molar-refractivity contribution in [2.75, 3.05) is 19.8 Å². The van der Waals surface area contributed by atoms with E-state index in [0.717, 1.165) is 19.3 Å². The number of hydrogen-bond acceptors (Lipinski definition) is 4. The molecule has 1 spiro atoms. The fraction of sp³-hybridized carbons (Fsp3) is 0.933. The molecular formula is C15H20F3NO4. The van der Waals surface area contributed by atoms with Crippen molar-refractivity contribution in [1.82, 2.24) is 4.90 Å². The number of alkyl halides is 3. The lowest BCUT2D eigenvalue weighted by Gasteiger charge is -2.56. The molecule has 2 unspecified atom stereocenters. The molecule has 2 bridgehead atoms. The topological polar surface area (TPSA) is 59.0 Å². The highest BCUT2D eigenvalue weighted by atomic mass is 19.4. The highest BCUT2D eigenvalue weighted by Crippen LogP contribution is 2.58. The van der Waals surface area contributed by atoms with E-state index < -0.39 is 35.4 Å². The Bertz CT molecular complexity index is 513. The Morgan fingerprint density at radius 3 is 2.48 bits per heavy atom. The summed E-state index contributed by atoms with van der Waals surface area (Å²) in [5, 5.41) is 9.30. The average Bonchev–Trinajstić information content (AvgIpc) is 3.00. The van der Waals surface area contributed by atoms with Crippen LogP contribution in [0.5, 0.6) is 0 Å². The smallest absolute Gasteiger partial charge is 0.394 e. The predicted octanol–water partition coefficient (Wildman–Crippen LogP) is 1.24. The molecule has 5 rings (SSSR count). The number of ether oxygens (including phenoxy) is 2. The second-order valence-corrected chi connectivity index (χ2v) is 7.35. The van der Waals surface area contributed by atoms with Crippen molar-refractivity contribution in [2.24, 2.45) is 5.92 Å². The van der Waals surface area contributed by atoms with Gasteiger partial charge in [0.1, 0.15) is 5.60 Å². The largest absolute Gasteiger partial charge is 0.414 e. The number of halogens is 3. The number of rotatable bonds is 2. The van der Waals surface area contributed by atoms with Crippen LogP contribution >= 0.6 is 0 Å². The number of aliphatic hydroxyl groups is 1. The molecular weight excluding hydrogens is 315 g/mol. The van der Waals surface area contributed by atoms with Gasteiger partial charge in [0.15, 0.2) is 6.10 Å². The van der Waals surface area contributed by atoms with Crippen molar-refractivity contribution in [3.63, 3.8) is 0 Å². The van der Waals surface area contributed by atoms with Crippen LogP contribution in [0.3, 0.4) is 0 Å². The van der Waals surface area contributed by atoms with E-state index in [1.54, 1.807) is 4.90 Å². The number of morpholine rings is 1. The van der Waals surface area contributed by atoms with Crippen molar-refractivity contribution >= 4 is 5.91 Å². The van der Waals surface area contributed by atoms with Gasteiger partial charge in [0.2, 0.25) is 0 Å². The molecule has 0 aromatic rings. The molecule has 2 saturated carbocycles. The van der Waals surface area contributed by atoms with Gasteiger partial charge >= 0.3 is 6.18 Å². The van der Waals surface area contributed by atoms with E-state index in [-0.39, 0.29) is 31.9 Å². The van der Waals surface area contributed by atoms with Crippen LogP contribution in [-0.2, 0) is 14.3 Å². The van der Waals surface area contributed by atoms with Gasteiger partial charge < -0.3 is 19.5 Å². The van der Waals surface area contributed by atoms with Gasteiger partial charge in [-0.2, -0.15) is 13.2 Å². The maximum atomic E-state index is 13.0. The number of fused-ring (bicyclic) bond motifs is 1. The Balaban J connectivity index is 1.54. The Kier molecular flexibility index (Phi) is 3.29. The first-order chi connectivity index (χ1) is 10.8. The molecule has 3 saturated heterocycles. The first kappa shape index (κ1) is 15.7. The minimum atomic E-state index is -4.42. The number of amides is 1. The Hall–Kier alpha value is -0.860. The summed E-state index contributed by atoms with van der Waals surface area (Å²) in [7, 11) is 0. The van der Waals surface area contributed by atoms with E-state index in [0.29, 0.717) is 6.61 Å². The molecule has 2 aliphatic carbocycles. The van der Waals surface area contributed by atoms with Crippen molar-refractivity contribution < 1.29 is 32.5 Å². The zero-order valence-corrected chi connectivity index (χ0v) is 12.6. The van der Waals surface area contributed by atoms with Gasteiger partial charge in [0.25, 0.3) is 5.91 Å². The number of aliphatic hydroxyl groups excluding tert-OH is 1. The van der Waals surface area contributed by atoms with Gasteiger partial charge in [-0.25, -0.2) is 0 Å². The summed E-state index contributed by atoms with van der Waals surface area (Å²) in [4.78, 5) is 14.6. The molecule has 8 heteroatoms. The summed E-state index contributed by atoms with van der Waals surface area (Å²) >= 11 is 0. The van der Waals surface area contributed by atoms with Crippen LogP contribution in [0, 0.1) is 5.92 Å². The molecule has 1 N–H and O–H groups in total. The minimum Gasteiger partial charge on any atom is -0.394 e. The molecule has 0 aromatic heterocycles. The Labute approximate surface area is 131 Å². The summed E-state index contributed by atoms with van der Waals surface area (Å²) in [6, 6.07) is 0. The monoisotopic (exact) mass is 335 g/mol. The third-order valence-corrected chi connectivity index (χ3v) is 5.96. The lowest BCUT2D eigenvalue weighted by molar-refractivity contribution is -0.223. The molecule has 3 aliphatic heterocycles. The maximum absolute atomic E-state index is 13.0. The number of carbonyl (C=O) groups is 1. The van der Waals surface area contributed by atoms with Gasteiger partial charge in [0.05, 0.1) is 24.9 Å². The molecule has 130 valence electrons. The van der Waals surface area contributed by atoms with E-state index >= 15 is 0 Å². The Morgan fingerprint density at radius 1 is 1.30 bits per heavy atom.